The van der Waals surface area contributed by atoms with Crippen LogP contribution >= 0.6 is 79.3 Å². The summed E-state index contributed by atoms with van der Waals surface area (Å²) in [6.07, 6.45) is -31.7. The summed E-state index contributed by atoms with van der Waals surface area (Å²) in [7, 11) is -54.8. The molecule has 2 fully saturated rings. The van der Waals surface area contributed by atoms with Gasteiger partial charge < -0.3 is 106 Å². The highest BCUT2D eigenvalue weighted by Crippen LogP contribution is 2.56. The Morgan fingerprint density at radius 1 is 0.333 bits per heavy atom. The first-order chi connectivity index (χ1) is 29.6. The molecule has 17 N–H and O–H groups in total. The first kappa shape index (κ1) is 63.3. The van der Waals surface area contributed by atoms with Crippen LogP contribution in [0, 0.1) is 5.92 Å². The molecule has 3 unspecified atom stereocenters. The van der Waals surface area contributed by atoms with Gasteiger partial charge in [-0.2, -0.15) is 0 Å². The molecule has 2 aliphatic rings. The van der Waals surface area contributed by atoms with E-state index in [1.165, 1.54) is 0 Å². The molecule has 2 rings (SSSR count). The molecule has 394 valence electrons. The molecule has 0 saturated heterocycles. The lowest BCUT2D eigenvalue weighted by atomic mass is 9.79. The molecule has 0 aromatic carbocycles. The number of phosphoric ester groups is 7. The second kappa shape index (κ2) is 25.4. The molecule has 0 bridgehead atoms. The third-order valence-electron chi connectivity index (χ3n) is 7.86. The molecule has 39 nitrogen and oxygen atoms in total. The summed E-state index contributed by atoms with van der Waals surface area (Å²) in [5.41, 5.74) is 0. The van der Waals surface area contributed by atoms with E-state index in [2.05, 4.69) is 40.7 Å². The minimum atomic E-state index is -6.08. The average Bonchev–Trinajstić information content (AvgIpc) is 3.04. The van der Waals surface area contributed by atoms with Crippen molar-refractivity contribution >= 4 is 79.3 Å². The topological polar surface area (TPSA) is 625 Å². The SMILES string of the molecule is O=[PH](O)C[C@@H]1[C@@H](OP(=O)(O)O)[C@@H](OCCOCCO[C@@H]2[C@H](O[PH](=O)O)[C@@H](OP(=O)(O)O)[C@H](OP(=O)(O)O)[C@@H](OP(=O)(O)O)[C@@H]2OP(=O)(O)O)[C@@H](OP(=O)(O)O)[C@H](O[PH](=O)O)[C@H]1OP(=O)(O)O. The first-order valence-corrected chi connectivity index (χ1v) is 31.4. The molecule has 2 aliphatic carbocycles. The molecule has 0 amide bonds. The van der Waals surface area contributed by atoms with Crippen LogP contribution in [-0.2, 0) is 101 Å². The monoisotopic (exact) mass is 1180 g/mol. The fraction of sp³-hybridized carbons (Fsp3) is 1.00. The molecular formula is C17H42O39P10. The second-order valence-electron chi connectivity index (χ2n) is 12.7. The van der Waals surface area contributed by atoms with Gasteiger partial charge in [-0.05, 0) is 0 Å². The van der Waals surface area contributed by atoms with Crippen molar-refractivity contribution in [2.75, 3.05) is 32.6 Å². The summed E-state index contributed by atoms with van der Waals surface area (Å²) in [6, 6.07) is 0. The molecule has 0 spiro atoms. The number of ether oxygens (including phenoxy) is 3. The Hall–Kier alpha value is 1.14. The van der Waals surface area contributed by atoms with E-state index in [0.717, 1.165) is 0 Å². The highest BCUT2D eigenvalue weighted by Gasteiger charge is 2.62. The predicted octanol–water partition coefficient (Wildman–Crippen LogP) is -4.24. The number of hydrogen-bond donors (Lipinski definition) is 17. The normalized spacial score (nSPS) is 31.3. The van der Waals surface area contributed by atoms with Crippen molar-refractivity contribution in [1.82, 2.24) is 0 Å². The third kappa shape index (κ3) is 23.8. The number of rotatable bonds is 28. The fourth-order valence-corrected chi connectivity index (χ4v) is 12.1. The van der Waals surface area contributed by atoms with Crippen molar-refractivity contribution in [3.8, 4) is 0 Å². The van der Waals surface area contributed by atoms with Crippen molar-refractivity contribution in [1.29, 1.82) is 0 Å². The quantitative estimate of drug-likeness (QED) is 0.0261. The van der Waals surface area contributed by atoms with Gasteiger partial charge in [0.15, 0.2) is 8.03 Å². The molecule has 66 heavy (non-hydrogen) atoms. The van der Waals surface area contributed by atoms with Gasteiger partial charge in [-0.15, -0.1) is 0 Å². The maximum absolute atomic E-state index is 12.1. The largest absolute Gasteiger partial charge is 0.470 e. The molecule has 2 saturated carbocycles. The van der Waals surface area contributed by atoms with Gasteiger partial charge in [0.25, 0.3) is 0 Å². The van der Waals surface area contributed by atoms with E-state index in [-0.39, 0.29) is 0 Å². The van der Waals surface area contributed by atoms with Gasteiger partial charge in [-0.1, -0.05) is 0 Å². The minimum Gasteiger partial charge on any atom is -0.377 e. The van der Waals surface area contributed by atoms with Crippen molar-refractivity contribution < 1.29 is 184 Å². The highest BCUT2D eigenvalue weighted by atomic mass is 31.2. The van der Waals surface area contributed by atoms with Crippen molar-refractivity contribution in [3.05, 3.63) is 0 Å². The predicted molar refractivity (Wildman–Crippen MR) is 200 cm³/mol. The Balaban J connectivity index is 2.57. The van der Waals surface area contributed by atoms with E-state index in [4.69, 9.17) is 14.2 Å². The van der Waals surface area contributed by atoms with Crippen LogP contribution < -0.4 is 0 Å². The van der Waals surface area contributed by atoms with E-state index >= 15 is 0 Å². The van der Waals surface area contributed by atoms with Crippen LogP contribution in [0.15, 0.2) is 0 Å². The zero-order valence-corrected chi connectivity index (χ0v) is 40.9. The van der Waals surface area contributed by atoms with E-state index in [1.54, 1.807) is 0 Å². The van der Waals surface area contributed by atoms with Crippen molar-refractivity contribution in [2.45, 2.75) is 67.1 Å². The summed E-state index contributed by atoms with van der Waals surface area (Å²) in [4.78, 5) is 163. The summed E-state index contributed by atoms with van der Waals surface area (Å²) in [6.45, 7) is -3.97. The first-order valence-electron chi connectivity index (χ1n) is 16.6. The molecule has 0 aromatic rings. The van der Waals surface area contributed by atoms with Gasteiger partial charge in [0.1, 0.15) is 67.1 Å². The highest BCUT2D eigenvalue weighted by molar-refractivity contribution is 7.48. The minimum absolute atomic E-state index is 0.902. The molecule has 0 heterocycles. The Kier molecular flexibility index (Phi) is 24.3. The van der Waals surface area contributed by atoms with E-state index in [1.807, 2.05) is 0 Å². The fourth-order valence-electron chi connectivity index (χ4n) is 6.25. The van der Waals surface area contributed by atoms with Gasteiger partial charge in [0, 0.05) is 12.1 Å². The van der Waals surface area contributed by atoms with Crippen LogP contribution in [0.3, 0.4) is 0 Å². The standard InChI is InChI=1S/C17H42O39P10/c18-57(19)5-6-7(50-60(24,25)26)9(13(52-62(30,31)32)11(48-58(20)21)8(6)51-61(27,28)29)46-3-1-45-2-4-47-10-12(49-59(22)23)15(54-64(36,37)38)17(56-66(42,43)44)16(55-65(39,40)41)14(10)53-63(33,34)35/h6-17,57-59H,1-5H2,(H,18,19)(H,20,21)(H,22,23)(H2,24,25,26)(H2,27,28,29)(H2,30,31,32)(H2,33,34,35)(H2,36,37,38)(H2,39,40,41)(H2,42,43,44)/t6-,7-,8+,9-,10-,11-,12+,13-,14-,15-,16+,17+/m1/s1. The zero-order valence-electron chi connectivity index (χ0n) is 31.7. The van der Waals surface area contributed by atoms with Crippen LogP contribution in [0.1, 0.15) is 0 Å². The Labute approximate surface area is 368 Å². The zero-order chi connectivity index (χ0) is 51.2. The van der Waals surface area contributed by atoms with Gasteiger partial charge in [-0.25, -0.2) is 32.0 Å². The third-order valence-corrected chi connectivity index (χ3v) is 13.2. The van der Waals surface area contributed by atoms with Crippen LogP contribution in [-0.4, -0.2) is 183 Å². The average molecular weight is 1180 g/mol. The van der Waals surface area contributed by atoms with Crippen molar-refractivity contribution in [3.63, 3.8) is 0 Å². The summed E-state index contributed by atoms with van der Waals surface area (Å²) >= 11 is 0. The summed E-state index contributed by atoms with van der Waals surface area (Å²) < 4.78 is 176. The van der Waals surface area contributed by atoms with Gasteiger partial charge in [0.05, 0.1) is 26.4 Å². The Morgan fingerprint density at radius 2 is 0.561 bits per heavy atom. The lowest BCUT2D eigenvalue weighted by Crippen LogP contribution is -2.66. The van der Waals surface area contributed by atoms with Crippen LogP contribution in [0.5, 0.6) is 0 Å². The molecule has 49 heteroatoms. The van der Waals surface area contributed by atoms with Crippen LogP contribution in [0.25, 0.3) is 0 Å². The summed E-state index contributed by atoms with van der Waals surface area (Å²) in [5, 5.41) is 0. The van der Waals surface area contributed by atoms with Crippen molar-refractivity contribution in [2.24, 2.45) is 5.92 Å². The molecule has 0 aliphatic heterocycles. The van der Waals surface area contributed by atoms with E-state index < -0.39 is 185 Å². The van der Waals surface area contributed by atoms with Gasteiger partial charge in [-0.3, -0.25) is 45.4 Å². The maximum Gasteiger partial charge on any atom is 0.470 e. The number of hydrogen-bond acceptors (Lipinski definition) is 22. The lowest BCUT2D eigenvalue weighted by Gasteiger charge is -2.48. The lowest BCUT2D eigenvalue weighted by molar-refractivity contribution is -0.218. The van der Waals surface area contributed by atoms with Gasteiger partial charge >= 0.3 is 71.3 Å². The molecule has 0 radical (unpaired) electrons. The Morgan fingerprint density at radius 3 is 0.848 bits per heavy atom. The summed E-state index contributed by atoms with van der Waals surface area (Å²) in [5.74, 6) is -2.25. The second-order valence-corrected chi connectivity index (χ2v) is 23.7. The Bertz CT molecular complexity index is 1960. The van der Waals surface area contributed by atoms with E-state index in [0.29, 0.717) is 0 Å². The molecule has 0 aromatic heterocycles. The van der Waals surface area contributed by atoms with E-state index in [9.17, 15) is 129 Å². The van der Waals surface area contributed by atoms with Crippen LogP contribution in [0.2, 0.25) is 0 Å². The molecular weight excluding hydrogens is 1140 g/mol. The van der Waals surface area contributed by atoms with Gasteiger partial charge in [0.2, 0.25) is 0 Å². The maximum atomic E-state index is 12.1. The smallest absolute Gasteiger partial charge is 0.377 e. The number of phosphoric acid groups is 7. The molecule has 15 atom stereocenters. The van der Waals surface area contributed by atoms with Crippen LogP contribution in [0.4, 0.5) is 0 Å².